The fourth-order valence-electron chi connectivity index (χ4n) is 5.34. The summed E-state index contributed by atoms with van der Waals surface area (Å²) in [5.41, 5.74) is 8.85. The van der Waals surface area contributed by atoms with Crippen LogP contribution in [0.1, 0.15) is 35.0 Å². The van der Waals surface area contributed by atoms with Crippen LogP contribution in [0.5, 0.6) is 0 Å². The largest absolute Gasteiger partial charge is 0.416 e. The summed E-state index contributed by atoms with van der Waals surface area (Å²) in [6.45, 7) is 8.98. The Morgan fingerprint density at radius 2 is 1.70 bits per heavy atom. The van der Waals surface area contributed by atoms with Crippen LogP contribution in [0.4, 0.5) is 30.4 Å². The molecule has 1 aliphatic carbocycles. The molecule has 246 valence electrons. The predicted octanol–water partition coefficient (Wildman–Crippen LogP) is 3.41. The van der Waals surface area contributed by atoms with Crippen LogP contribution in [0.15, 0.2) is 64.7 Å². The Bertz CT molecular complexity index is 1540. The summed E-state index contributed by atoms with van der Waals surface area (Å²) in [6, 6.07) is 3.55. The third-order valence-electron chi connectivity index (χ3n) is 8.39. The van der Waals surface area contributed by atoms with Crippen molar-refractivity contribution in [1.82, 2.24) is 30.0 Å². The van der Waals surface area contributed by atoms with Gasteiger partial charge in [-0.2, -0.15) is 13.2 Å². The third-order valence-corrected chi connectivity index (χ3v) is 8.39. The fourth-order valence-corrected chi connectivity index (χ4v) is 5.34. The maximum absolute atomic E-state index is 13.8. The summed E-state index contributed by atoms with van der Waals surface area (Å²) in [5, 5.41) is 6.07. The summed E-state index contributed by atoms with van der Waals surface area (Å²) in [4.78, 5) is 34.9. The van der Waals surface area contributed by atoms with Crippen molar-refractivity contribution >= 4 is 29.3 Å². The standard InChI is InChI=1S/C32H41F3N10O/c1-22-4-5-25(40-31(46)23-16-24(32(33,34)35)18-26(17-23)45-14-10-43(3)11-15-45)6-7-27(22)41-30-29(36)28(38-20-39-30)19-37-21-44-12-8-42(2)9-13-44/h4-5,7,16-20H,6,8-15,21,36H2,1-3H3,(H,40,46)(H,38,39,41)/b37-19-. The second-order valence-corrected chi connectivity index (χ2v) is 11.9. The summed E-state index contributed by atoms with van der Waals surface area (Å²) in [6.07, 6.45) is 4.24. The number of anilines is 3. The van der Waals surface area contributed by atoms with Gasteiger partial charge in [0.05, 0.1) is 18.4 Å². The number of carbonyl (C=O) groups excluding carboxylic acids is 1. The monoisotopic (exact) mass is 638 g/mol. The van der Waals surface area contributed by atoms with Gasteiger partial charge in [0.1, 0.15) is 17.7 Å². The fraction of sp³-hybridized carbons (Fsp3) is 0.438. The van der Waals surface area contributed by atoms with Gasteiger partial charge in [-0.25, -0.2) is 9.97 Å². The quantitative estimate of drug-likeness (QED) is 0.374. The zero-order valence-electron chi connectivity index (χ0n) is 26.4. The van der Waals surface area contributed by atoms with E-state index in [1.807, 2.05) is 31.0 Å². The Morgan fingerprint density at radius 3 is 2.39 bits per heavy atom. The average molecular weight is 639 g/mol. The van der Waals surface area contributed by atoms with Gasteiger partial charge in [0.25, 0.3) is 5.91 Å². The van der Waals surface area contributed by atoms with Crippen LogP contribution in [-0.4, -0.2) is 110 Å². The number of benzene rings is 1. The van der Waals surface area contributed by atoms with Crippen molar-refractivity contribution in [2.24, 2.45) is 4.99 Å². The lowest BCUT2D eigenvalue weighted by atomic mass is 10.1. The second-order valence-electron chi connectivity index (χ2n) is 11.9. The van der Waals surface area contributed by atoms with Crippen LogP contribution in [0.25, 0.3) is 0 Å². The maximum atomic E-state index is 13.8. The molecule has 3 aliphatic rings. The lowest BCUT2D eigenvalue weighted by Gasteiger charge is -2.34. The Balaban J connectivity index is 1.25. The Hall–Kier alpha value is -4.27. The molecule has 1 aromatic carbocycles. The van der Waals surface area contributed by atoms with Crippen LogP contribution < -0.4 is 21.3 Å². The molecule has 0 unspecified atom stereocenters. The van der Waals surface area contributed by atoms with Crippen molar-refractivity contribution < 1.29 is 18.0 Å². The number of alkyl halides is 3. The number of nitrogens with two attached hydrogens (primary N) is 1. The van der Waals surface area contributed by atoms with Crippen molar-refractivity contribution in [1.29, 1.82) is 0 Å². The van der Waals surface area contributed by atoms with Gasteiger partial charge in [0.15, 0.2) is 5.82 Å². The molecule has 3 heterocycles. The van der Waals surface area contributed by atoms with Gasteiger partial charge in [0, 0.05) is 81.4 Å². The molecule has 2 aromatic rings. The summed E-state index contributed by atoms with van der Waals surface area (Å²) in [7, 11) is 4.08. The van der Waals surface area contributed by atoms with Crippen LogP contribution in [0, 0.1) is 0 Å². The first kappa shape index (κ1) is 33.1. The number of piperazine rings is 2. The number of aliphatic imine (C=N–C) groups is 1. The highest BCUT2D eigenvalue weighted by Crippen LogP contribution is 2.33. The van der Waals surface area contributed by atoms with Gasteiger partial charge in [-0.15, -0.1) is 0 Å². The molecule has 46 heavy (non-hydrogen) atoms. The van der Waals surface area contributed by atoms with E-state index in [4.69, 9.17) is 5.73 Å². The first-order valence-electron chi connectivity index (χ1n) is 15.3. The minimum atomic E-state index is -4.58. The number of carbonyl (C=O) groups is 1. The van der Waals surface area contributed by atoms with E-state index in [0.717, 1.165) is 62.7 Å². The molecule has 1 aromatic heterocycles. The number of halogens is 3. The molecule has 4 N–H and O–H groups in total. The number of hydrogen-bond acceptors (Lipinski definition) is 10. The van der Waals surface area contributed by atoms with Crippen molar-refractivity contribution in [3.05, 3.63) is 76.5 Å². The minimum Gasteiger partial charge on any atom is -0.394 e. The van der Waals surface area contributed by atoms with E-state index >= 15 is 0 Å². The maximum Gasteiger partial charge on any atom is 0.416 e. The van der Waals surface area contributed by atoms with E-state index in [9.17, 15) is 18.0 Å². The second kappa shape index (κ2) is 14.4. The van der Waals surface area contributed by atoms with Crippen molar-refractivity contribution in [3.63, 3.8) is 0 Å². The first-order valence-corrected chi connectivity index (χ1v) is 15.3. The Labute approximate surface area is 267 Å². The molecule has 2 aliphatic heterocycles. The molecule has 11 nitrogen and oxygen atoms in total. The van der Waals surface area contributed by atoms with Crippen molar-refractivity contribution in [3.8, 4) is 0 Å². The van der Waals surface area contributed by atoms with Crippen LogP contribution in [0.2, 0.25) is 0 Å². The number of nitrogen functional groups attached to an aromatic ring is 1. The van der Waals surface area contributed by atoms with Crippen LogP contribution in [0.3, 0.4) is 0 Å². The van der Waals surface area contributed by atoms with Crippen LogP contribution in [-0.2, 0) is 6.18 Å². The SMILES string of the molecule is CC1=CC=C(NC(=O)c2cc(N3CCN(C)CC3)cc(C(F)(F)F)c2)CC=C1Nc1ncnc(/C=N\CN2CCN(C)CC2)c1N. The number of aromatic nitrogens is 2. The van der Waals surface area contributed by atoms with Crippen LogP contribution >= 0.6 is 0 Å². The first-order chi connectivity index (χ1) is 22.0. The number of rotatable bonds is 8. The summed E-state index contributed by atoms with van der Waals surface area (Å²) < 4.78 is 41.4. The zero-order valence-corrected chi connectivity index (χ0v) is 26.4. The van der Waals surface area contributed by atoms with E-state index in [1.165, 1.54) is 12.4 Å². The van der Waals surface area contributed by atoms with Crippen molar-refractivity contribution in [2.75, 3.05) is 89.1 Å². The third kappa shape index (κ3) is 8.50. The molecular formula is C32H41F3N10O. The van der Waals surface area contributed by atoms with E-state index < -0.39 is 17.6 Å². The highest BCUT2D eigenvalue weighted by Gasteiger charge is 2.33. The molecule has 2 fully saturated rings. The number of amides is 1. The van der Waals surface area contributed by atoms with E-state index in [1.54, 1.807) is 12.3 Å². The number of nitrogens with zero attached hydrogens (tertiary/aromatic N) is 7. The molecule has 1 amide bonds. The van der Waals surface area contributed by atoms with Gasteiger partial charge < -0.3 is 31.1 Å². The van der Waals surface area contributed by atoms with Crippen molar-refractivity contribution in [2.45, 2.75) is 19.5 Å². The van der Waals surface area contributed by atoms with E-state index in [0.29, 0.717) is 54.8 Å². The van der Waals surface area contributed by atoms with Gasteiger partial charge in [0.2, 0.25) is 0 Å². The zero-order chi connectivity index (χ0) is 32.8. The van der Waals surface area contributed by atoms with Gasteiger partial charge in [-0.05, 0) is 50.9 Å². The molecule has 0 radical (unpaired) electrons. The van der Waals surface area contributed by atoms with E-state index in [2.05, 4.69) is 47.3 Å². The lowest BCUT2D eigenvalue weighted by Crippen LogP contribution is -2.44. The topological polar surface area (TPSA) is 118 Å². The summed E-state index contributed by atoms with van der Waals surface area (Å²) >= 11 is 0. The highest BCUT2D eigenvalue weighted by atomic mass is 19.4. The van der Waals surface area contributed by atoms with Gasteiger partial charge in [-0.1, -0.05) is 12.2 Å². The molecule has 14 heteroatoms. The normalized spacial score (nSPS) is 19.0. The summed E-state index contributed by atoms with van der Waals surface area (Å²) in [5.74, 6) is -0.188. The van der Waals surface area contributed by atoms with E-state index in [-0.39, 0.29) is 5.56 Å². The molecular weight excluding hydrogens is 597 g/mol. The predicted molar refractivity (Wildman–Crippen MR) is 175 cm³/mol. The average Bonchev–Trinajstić information content (AvgIpc) is 3.20. The number of allylic oxidation sites excluding steroid dienone is 4. The molecule has 0 atom stereocenters. The Morgan fingerprint density at radius 1 is 1.00 bits per heavy atom. The molecule has 0 spiro atoms. The number of nitrogens with one attached hydrogen (secondary N) is 2. The molecule has 2 saturated heterocycles. The molecule has 5 rings (SSSR count). The van der Waals surface area contributed by atoms with Gasteiger partial charge in [-0.3, -0.25) is 14.7 Å². The smallest absolute Gasteiger partial charge is 0.394 e. The molecule has 0 bridgehead atoms. The highest BCUT2D eigenvalue weighted by molar-refractivity contribution is 5.96. The number of likely N-dealkylation sites (N-methyl/N-ethyl adjacent to an activating group) is 2. The molecule has 0 saturated carbocycles. The Kier molecular flexibility index (Phi) is 10.4. The van der Waals surface area contributed by atoms with Gasteiger partial charge >= 0.3 is 6.18 Å². The number of hydrogen-bond donors (Lipinski definition) is 3. The lowest BCUT2D eigenvalue weighted by molar-refractivity contribution is -0.137. The minimum absolute atomic E-state index is 0.0486.